The molecule has 1 aromatic heterocycles. The fourth-order valence-corrected chi connectivity index (χ4v) is 5.01. The second-order valence-electron chi connectivity index (χ2n) is 7.45. The van der Waals surface area contributed by atoms with E-state index in [9.17, 15) is 9.18 Å². The minimum atomic E-state index is -0.635. The summed E-state index contributed by atoms with van der Waals surface area (Å²) in [5.74, 6) is -0.266. The number of aryl methyl sites for hydroxylation is 1. The summed E-state index contributed by atoms with van der Waals surface area (Å²) in [5.41, 5.74) is -0.0827. The number of imidazole rings is 1. The van der Waals surface area contributed by atoms with Crippen LogP contribution in [0.25, 0.3) is 0 Å². The van der Waals surface area contributed by atoms with Crippen molar-refractivity contribution in [2.75, 3.05) is 0 Å². The molecule has 1 amide bonds. The van der Waals surface area contributed by atoms with Crippen LogP contribution in [0.15, 0.2) is 41.8 Å². The number of hydrogen-bond donors (Lipinski definition) is 1. The molecule has 4 rings (SSSR count). The second-order valence-corrected chi connectivity index (χ2v) is 8.72. The average molecular weight is 373 g/mol. The highest BCUT2D eigenvalue weighted by atomic mass is 32.2. The number of aromatic nitrogens is 2. The average Bonchev–Trinajstić information content (AvgIpc) is 3.35. The van der Waals surface area contributed by atoms with Gasteiger partial charge in [-0.1, -0.05) is 30.0 Å². The molecule has 0 saturated heterocycles. The summed E-state index contributed by atoms with van der Waals surface area (Å²) in [4.78, 5) is 17.2. The van der Waals surface area contributed by atoms with Gasteiger partial charge in [0.2, 0.25) is 5.91 Å². The van der Waals surface area contributed by atoms with Gasteiger partial charge < -0.3 is 9.88 Å². The van der Waals surface area contributed by atoms with Crippen LogP contribution in [0.1, 0.15) is 44.1 Å². The molecule has 2 aliphatic rings. The van der Waals surface area contributed by atoms with Crippen LogP contribution in [-0.4, -0.2) is 26.8 Å². The van der Waals surface area contributed by atoms with Crippen LogP contribution in [0, 0.1) is 5.82 Å². The number of amides is 1. The van der Waals surface area contributed by atoms with Gasteiger partial charge >= 0.3 is 0 Å². The molecule has 0 aliphatic heterocycles. The normalized spacial score (nSPS) is 24.2. The van der Waals surface area contributed by atoms with Gasteiger partial charge in [-0.2, -0.15) is 0 Å². The number of hydrogen-bond acceptors (Lipinski definition) is 3. The summed E-state index contributed by atoms with van der Waals surface area (Å²) in [5, 5.41) is 4.80. The zero-order valence-corrected chi connectivity index (χ0v) is 15.8. The molecule has 0 spiro atoms. The summed E-state index contributed by atoms with van der Waals surface area (Å²) >= 11 is 1.83. The Balaban J connectivity index is 1.33. The molecule has 138 valence electrons. The van der Waals surface area contributed by atoms with Crippen molar-refractivity contribution in [2.45, 2.75) is 60.4 Å². The number of carbonyl (C=O) groups excluding carboxylic acids is 1. The summed E-state index contributed by atoms with van der Waals surface area (Å²) < 4.78 is 16.2. The molecule has 4 nitrogen and oxygen atoms in total. The highest BCUT2D eigenvalue weighted by Crippen LogP contribution is 2.49. The van der Waals surface area contributed by atoms with Crippen molar-refractivity contribution in [3.8, 4) is 0 Å². The fourth-order valence-electron chi connectivity index (χ4n) is 3.86. The van der Waals surface area contributed by atoms with E-state index >= 15 is 0 Å². The second kappa shape index (κ2) is 7.06. The Hall–Kier alpha value is -1.82. The van der Waals surface area contributed by atoms with Gasteiger partial charge in [0.15, 0.2) is 5.16 Å². The van der Waals surface area contributed by atoms with Crippen LogP contribution in [0.3, 0.4) is 0 Å². The molecule has 6 heteroatoms. The summed E-state index contributed by atoms with van der Waals surface area (Å²) in [6.07, 6.45) is 9.35. The number of nitrogens with zero attached hydrogens (tertiary/aromatic N) is 2. The van der Waals surface area contributed by atoms with E-state index in [-0.39, 0.29) is 17.8 Å². The maximum atomic E-state index is 14.1. The monoisotopic (exact) mass is 373 g/mol. The first-order valence-corrected chi connectivity index (χ1v) is 10.2. The summed E-state index contributed by atoms with van der Waals surface area (Å²) in [6, 6.07) is 6.88. The van der Waals surface area contributed by atoms with Crippen LogP contribution < -0.4 is 5.32 Å². The van der Waals surface area contributed by atoms with Gasteiger partial charge in [-0.15, -0.1) is 0 Å². The van der Waals surface area contributed by atoms with Crippen molar-refractivity contribution >= 4 is 17.7 Å². The lowest BCUT2D eigenvalue weighted by Gasteiger charge is -2.30. The van der Waals surface area contributed by atoms with Crippen molar-refractivity contribution < 1.29 is 9.18 Å². The van der Waals surface area contributed by atoms with Crippen molar-refractivity contribution in [3.63, 3.8) is 0 Å². The maximum absolute atomic E-state index is 14.1. The molecular formula is C20H24FN3OS. The predicted molar refractivity (Wildman–Crippen MR) is 101 cm³/mol. The molecule has 1 heterocycles. The zero-order valence-electron chi connectivity index (χ0n) is 15.0. The van der Waals surface area contributed by atoms with Gasteiger partial charge in [0, 0.05) is 36.3 Å². The topological polar surface area (TPSA) is 46.9 Å². The van der Waals surface area contributed by atoms with Gasteiger partial charge in [0.25, 0.3) is 0 Å². The third-order valence-corrected chi connectivity index (χ3v) is 7.04. The lowest BCUT2D eigenvalue weighted by Crippen LogP contribution is -2.43. The first-order chi connectivity index (χ1) is 12.6. The summed E-state index contributed by atoms with van der Waals surface area (Å²) in [6.45, 7) is 0. The molecule has 1 N–H and O–H groups in total. The maximum Gasteiger partial charge on any atom is 0.230 e. The molecule has 2 aromatic rings. The van der Waals surface area contributed by atoms with Crippen molar-refractivity contribution in [2.24, 2.45) is 7.05 Å². The fraction of sp³-hybridized carbons (Fsp3) is 0.500. The van der Waals surface area contributed by atoms with E-state index in [2.05, 4.69) is 10.3 Å². The minimum Gasteiger partial charge on any atom is -0.353 e. The van der Waals surface area contributed by atoms with E-state index in [1.807, 2.05) is 41.8 Å². The number of carbonyl (C=O) groups is 1. The van der Waals surface area contributed by atoms with E-state index in [1.165, 1.54) is 6.07 Å². The van der Waals surface area contributed by atoms with Crippen LogP contribution in [0.5, 0.6) is 0 Å². The van der Waals surface area contributed by atoms with E-state index in [4.69, 9.17) is 0 Å². The van der Waals surface area contributed by atoms with Crippen molar-refractivity contribution in [1.29, 1.82) is 0 Å². The molecule has 26 heavy (non-hydrogen) atoms. The van der Waals surface area contributed by atoms with Crippen molar-refractivity contribution in [1.82, 2.24) is 14.9 Å². The Morgan fingerprint density at radius 1 is 1.27 bits per heavy atom. The van der Waals surface area contributed by atoms with Crippen LogP contribution in [0.4, 0.5) is 4.39 Å². The Bertz CT molecular complexity index is 794. The molecule has 0 atom stereocenters. The summed E-state index contributed by atoms with van der Waals surface area (Å²) in [7, 11) is 2.01. The third kappa shape index (κ3) is 3.39. The van der Waals surface area contributed by atoms with Gasteiger partial charge in [-0.3, -0.25) is 4.79 Å². The van der Waals surface area contributed by atoms with Gasteiger partial charge in [-0.25, -0.2) is 9.37 Å². The number of thioether (sulfide) groups is 1. The smallest absolute Gasteiger partial charge is 0.230 e. The Morgan fingerprint density at radius 3 is 2.62 bits per heavy atom. The largest absolute Gasteiger partial charge is 0.353 e. The van der Waals surface area contributed by atoms with Gasteiger partial charge in [0.05, 0.1) is 5.41 Å². The van der Waals surface area contributed by atoms with E-state index in [0.717, 1.165) is 43.7 Å². The number of benzene rings is 1. The standard InChI is InChI=1S/C20H24FN3OS/c1-24-13-12-22-19(24)26-15-8-6-14(7-9-15)23-18(25)20(10-11-20)16-4-2-3-5-17(16)21/h2-5,12-15H,6-11H2,1H3,(H,23,25). The van der Waals surface area contributed by atoms with Gasteiger partial charge in [-0.05, 0) is 44.6 Å². The molecular weight excluding hydrogens is 349 g/mol. The molecule has 1 aromatic carbocycles. The quantitative estimate of drug-likeness (QED) is 0.867. The Kier molecular flexibility index (Phi) is 4.78. The molecule has 2 aliphatic carbocycles. The highest BCUT2D eigenvalue weighted by Gasteiger charge is 2.53. The Labute approximate surface area is 157 Å². The van der Waals surface area contributed by atoms with Crippen LogP contribution in [-0.2, 0) is 17.3 Å². The molecule has 2 saturated carbocycles. The number of rotatable bonds is 5. The predicted octanol–water partition coefficient (Wildman–Crippen LogP) is 3.81. The Morgan fingerprint density at radius 2 is 2.00 bits per heavy atom. The molecule has 0 unspecified atom stereocenters. The SMILES string of the molecule is Cn1ccnc1SC1CCC(NC(=O)C2(c3ccccc3F)CC2)CC1. The highest BCUT2D eigenvalue weighted by molar-refractivity contribution is 7.99. The number of nitrogens with one attached hydrogen (secondary N) is 1. The molecule has 0 radical (unpaired) electrons. The van der Waals surface area contributed by atoms with E-state index in [0.29, 0.717) is 10.8 Å². The van der Waals surface area contributed by atoms with Crippen LogP contribution >= 0.6 is 11.8 Å². The first kappa shape index (κ1) is 17.6. The lowest BCUT2D eigenvalue weighted by atomic mass is 9.91. The lowest BCUT2D eigenvalue weighted by molar-refractivity contribution is -0.124. The third-order valence-electron chi connectivity index (χ3n) is 5.63. The first-order valence-electron chi connectivity index (χ1n) is 9.28. The minimum absolute atomic E-state index is 0.00260. The number of halogens is 1. The molecule has 2 fully saturated rings. The van der Waals surface area contributed by atoms with Crippen molar-refractivity contribution in [3.05, 3.63) is 48.0 Å². The van der Waals surface area contributed by atoms with E-state index in [1.54, 1.807) is 12.1 Å². The van der Waals surface area contributed by atoms with Crippen LogP contribution in [0.2, 0.25) is 0 Å². The molecule has 0 bridgehead atoms. The van der Waals surface area contributed by atoms with Gasteiger partial charge in [0.1, 0.15) is 5.82 Å². The van der Waals surface area contributed by atoms with E-state index < -0.39 is 5.41 Å². The zero-order chi connectivity index (χ0) is 18.1.